The van der Waals surface area contributed by atoms with Crippen LogP contribution >= 0.6 is 0 Å². The van der Waals surface area contributed by atoms with Crippen LogP contribution in [-0.2, 0) is 0 Å². The zero-order valence-electron chi connectivity index (χ0n) is 10.5. The molecule has 1 aliphatic rings. The molecular formula is C13H17N3O3. The van der Waals surface area contributed by atoms with E-state index < -0.39 is 4.92 Å². The van der Waals surface area contributed by atoms with Gasteiger partial charge in [-0.25, -0.2) is 0 Å². The van der Waals surface area contributed by atoms with Crippen LogP contribution in [0.4, 0.5) is 5.69 Å². The third kappa shape index (κ3) is 3.29. The molecule has 1 aromatic carbocycles. The first-order valence-electron chi connectivity index (χ1n) is 6.39. The predicted octanol–water partition coefficient (Wildman–Crippen LogP) is 1.59. The van der Waals surface area contributed by atoms with Crippen molar-refractivity contribution in [2.45, 2.75) is 37.8 Å². The van der Waals surface area contributed by atoms with Crippen molar-refractivity contribution in [1.29, 1.82) is 0 Å². The van der Waals surface area contributed by atoms with E-state index in [0.717, 1.165) is 25.7 Å². The van der Waals surface area contributed by atoms with Gasteiger partial charge in [0.25, 0.3) is 11.6 Å². The lowest BCUT2D eigenvalue weighted by Gasteiger charge is -2.29. The highest BCUT2D eigenvalue weighted by atomic mass is 16.6. The Morgan fingerprint density at radius 2 is 1.89 bits per heavy atom. The molecule has 2 atom stereocenters. The maximum absolute atomic E-state index is 12.0. The van der Waals surface area contributed by atoms with Gasteiger partial charge in [-0.3, -0.25) is 14.9 Å². The lowest BCUT2D eigenvalue weighted by Crippen LogP contribution is -2.49. The van der Waals surface area contributed by atoms with Crippen molar-refractivity contribution in [3.8, 4) is 0 Å². The molecule has 1 aliphatic carbocycles. The third-order valence-electron chi connectivity index (χ3n) is 3.48. The Kier molecular flexibility index (Phi) is 4.11. The fourth-order valence-electron chi connectivity index (χ4n) is 2.32. The van der Waals surface area contributed by atoms with E-state index in [2.05, 4.69) is 5.32 Å². The van der Waals surface area contributed by atoms with E-state index in [4.69, 9.17) is 5.73 Å². The molecule has 102 valence electrons. The molecule has 1 saturated carbocycles. The summed E-state index contributed by atoms with van der Waals surface area (Å²) in [5, 5.41) is 13.4. The molecule has 0 aliphatic heterocycles. The summed E-state index contributed by atoms with van der Waals surface area (Å²) in [5.74, 6) is -0.225. The van der Waals surface area contributed by atoms with E-state index in [9.17, 15) is 14.9 Å². The van der Waals surface area contributed by atoms with Crippen molar-refractivity contribution in [1.82, 2.24) is 5.32 Å². The largest absolute Gasteiger partial charge is 0.348 e. The molecule has 1 fully saturated rings. The molecule has 3 N–H and O–H groups in total. The molecule has 0 saturated heterocycles. The molecule has 1 amide bonds. The van der Waals surface area contributed by atoms with Gasteiger partial charge in [0, 0.05) is 29.8 Å². The summed E-state index contributed by atoms with van der Waals surface area (Å²) in [7, 11) is 0. The van der Waals surface area contributed by atoms with Gasteiger partial charge >= 0.3 is 0 Å². The number of carbonyl (C=O) groups is 1. The fourth-order valence-corrected chi connectivity index (χ4v) is 2.32. The molecule has 6 heteroatoms. The Labute approximate surface area is 111 Å². The zero-order chi connectivity index (χ0) is 13.8. The third-order valence-corrected chi connectivity index (χ3v) is 3.48. The van der Waals surface area contributed by atoms with E-state index >= 15 is 0 Å². The highest BCUT2D eigenvalue weighted by Crippen LogP contribution is 2.18. The number of benzene rings is 1. The summed E-state index contributed by atoms with van der Waals surface area (Å²) >= 11 is 0. The fraction of sp³-hybridized carbons (Fsp3) is 0.462. The van der Waals surface area contributed by atoms with Crippen LogP contribution in [-0.4, -0.2) is 22.9 Å². The first-order chi connectivity index (χ1) is 9.08. The number of rotatable bonds is 3. The SMILES string of the molecule is NC1CCCCC1NC(=O)c1ccc([N+](=O)[O-])cc1. The highest BCUT2D eigenvalue weighted by Gasteiger charge is 2.23. The molecule has 1 aromatic rings. The Morgan fingerprint density at radius 3 is 2.47 bits per heavy atom. The smallest absolute Gasteiger partial charge is 0.269 e. The summed E-state index contributed by atoms with van der Waals surface area (Å²) in [4.78, 5) is 22.0. The molecule has 0 aromatic heterocycles. The standard InChI is InChI=1S/C13H17N3O3/c14-11-3-1-2-4-12(11)15-13(17)9-5-7-10(8-6-9)16(18)19/h5-8,11-12H,1-4,14H2,(H,15,17). The van der Waals surface area contributed by atoms with Gasteiger partial charge in [-0.2, -0.15) is 0 Å². The lowest BCUT2D eigenvalue weighted by atomic mass is 9.91. The van der Waals surface area contributed by atoms with E-state index in [1.165, 1.54) is 24.3 Å². The molecule has 19 heavy (non-hydrogen) atoms. The molecular weight excluding hydrogens is 246 g/mol. The minimum Gasteiger partial charge on any atom is -0.348 e. The summed E-state index contributed by atoms with van der Waals surface area (Å²) in [6, 6.07) is 5.57. The van der Waals surface area contributed by atoms with Crippen molar-refractivity contribution < 1.29 is 9.72 Å². The Bertz CT molecular complexity index is 473. The molecule has 0 spiro atoms. The van der Waals surface area contributed by atoms with Gasteiger partial charge in [0.15, 0.2) is 0 Å². The molecule has 2 rings (SSSR count). The topological polar surface area (TPSA) is 98.3 Å². The van der Waals surface area contributed by atoms with Gasteiger partial charge in [0.05, 0.1) is 4.92 Å². The van der Waals surface area contributed by atoms with Gasteiger partial charge in [-0.15, -0.1) is 0 Å². The van der Waals surface area contributed by atoms with Crippen molar-refractivity contribution in [2.24, 2.45) is 5.73 Å². The van der Waals surface area contributed by atoms with Crippen LogP contribution in [0.25, 0.3) is 0 Å². The number of nitrogens with two attached hydrogens (primary N) is 1. The average molecular weight is 263 g/mol. The van der Waals surface area contributed by atoms with Crippen LogP contribution in [0.5, 0.6) is 0 Å². The number of amides is 1. The minimum absolute atomic E-state index is 0.00329. The van der Waals surface area contributed by atoms with E-state index in [0.29, 0.717) is 5.56 Å². The number of hydrogen-bond acceptors (Lipinski definition) is 4. The minimum atomic E-state index is -0.487. The number of non-ortho nitro benzene ring substituents is 1. The van der Waals surface area contributed by atoms with Gasteiger partial charge in [-0.05, 0) is 25.0 Å². The second-order valence-corrected chi connectivity index (χ2v) is 4.83. The maximum Gasteiger partial charge on any atom is 0.269 e. The van der Waals surface area contributed by atoms with Gasteiger partial charge < -0.3 is 11.1 Å². The Balaban J connectivity index is 2.01. The number of carbonyl (C=O) groups excluding carboxylic acids is 1. The van der Waals surface area contributed by atoms with E-state index in [-0.39, 0.29) is 23.7 Å². The van der Waals surface area contributed by atoms with Gasteiger partial charge in [0.2, 0.25) is 0 Å². The summed E-state index contributed by atoms with van der Waals surface area (Å²) < 4.78 is 0. The molecule has 2 unspecified atom stereocenters. The number of nitro benzene ring substituents is 1. The molecule has 6 nitrogen and oxygen atoms in total. The lowest BCUT2D eigenvalue weighted by molar-refractivity contribution is -0.384. The molecule has 0 bridgehead atoms. The number of nitro groups is 1. The molecule has 0 radical (unpaired) electrons. The van der Waals surface area contributed by atoms with Crippen molar-refractivity contribution in [3.05, 3.63) is 39.9 Å². The summed E-state index contributed by atoms with van der Waals surface area (Å²) in [5.41, 5.74) is 6.36. The van der Waals surface area contributed by atoms with Crippen molar-refractivity contribution >= 4 is 11.6 Å². The van der Waals surface area contributed by atoms with Gasteiger partial charge in [0.1, 0.15) is 0 Å². The second-order valence-electron chi connectivity index (χ2n) is 4.83. The number of nitrogens with one attached hydrogen (secondary N) is 1. The van der Waals surface area contributed by atoms with Gasteiger partial charge in [-0.1, -0.05) is 12.8 Å². The maximum atomic E-state index is 12.0. The van der Waals surface area contributed by atoms with Crippen molar-refractivity contribution in [2.75, 3.05) is 0 Å². The normalized spacial score (nSPS) is 22.8. The van der Waals surface area contributed by atoms with Crippen LogP contribution in [0.3, 0.4) is 0 Å². The van der Waals surface area contributed by atoms with E-state index in [1.807, 2.05) is 0 Å². The first kappa shape index (κ1) is 13.5. The molecule has 0 heterocycles. The Hall–Kier alpha value is -1.95. The van der Waals surface area contributed by atoms with Crippen LogP contribution < -0.4 is 11.1 Å². The van der Waals surface area contributed by atoms with Crippen LogP contribution in [0.15, 0.2) is 24.3 Å². The number of nitrogens with zero attached hydrogens (tertiary/aromatic N) is 1. The zero-order valence-corrected chi connectivity index (χ0v) is 10.5. The summed E-state index contributed by atoms with van der Waals surface area (Å²) in [6.45, 7) is 0. The monoisotopic (exact) mass is 263 g/mol. The quantitative estimate of drug-likeness (QED) is 0.639. The summed E-state index contributed by atoms with van der Waals surface area (Å²) in [6.07, 6.45) is 3.98. The predicted molar refractivity (Wildman–Crippen MR) is 70.8 cm³/mol. The van der Waals surface area contributed by atoms with Crippen LogP contribution in [0.2, 0.25) is 0 Å². The second kappa shape index (κ2) is 5.79. The van der Waals surface area contributed by atoms with Crippen LogP contribution in [0, 0.1) is 10.1 Å². The Morgan fingerprint density at radius 1 is 1.26 bits per heavy atom. The number of hydrogen-bond donors (Lipinski definition) is 2. The highest BCUT2D eigenvalue weighted by molar-refractivity contribution is 5.94. The van der Waals surface area contributed by atoms with Crippen molar-refractivity contribution in [3.63, 3.8) is 0 Å². The van der Waals surface area contributed by atoms with Crippen LogP contribution in [0.1, 0.15) is 36.0 Å². The average Bonchev–Trinajstić information content (AvgIpc) is 2.41. The van der Waals surface area contributed by atoms with E-state index in [1.54, 1.807) is 0 Å². The first-order valence-corrected chi connectivity index (χ1v) is 6.39.